The number of H-pyrrole nitrogens is 1. The van der Waals surface area contributed by atoms with E-state index in [2.05, 4.69) is 20.2 Å². The van der Waals surface area contributed by atoms with Gasteiger partial charge in [0, 0.05) is 6.20 Å². The first kappa shape index (κ1) is 9.23. The molecule has 0 aliphatic heterocycles. The molecule has 3 heterocycles. The summed E-state index contributed by atoms with van der Waals surface area (Å²) in [7, 11) is 0. The lowest BCUT2D eigenvalue weighted by molar-refractivity contribution is 1.09. The van der Waals surface area contributed by atoms with Gasteiger partial charge in [-0.2, -0.15) is 5.10 Å². The number of aromatic amines is 1. The Kier molecular flexibility index (Phi) is 2.23. The van der Waals surface area contributed by atoms with Crippen molar-refractivity contribution in [3.05, 3.63) is 41.9 Å². The zero-order valence-electron chi connectivity index (χ0n) is 8.29. The van der Waals surface area contributed by atoms with Crippen LogP contribution in [-0.2, 0) is 0 Å². The fourth-order valence-electron chi connectivity index (χ4n) is 1.39. The van der Waals surface area contributed by atoms with Crippen molar-refractivity contribution in [2.45, 2.75) is 0 Å². The van der Waals surface area contributed by atoms with E-state index >= 15 is 0 Å². The van der Waals surface area contributed by atoms with E-state index in [9.17, 15) is 0 Å². The Morgan fingerprint density at radius 1 is 1.12 bits per heavy atom. The Balaban J connectivity index is 2.00. The third kappa shape index (κ3) is 1.61. The lowest BCUT2D eigenvalue weighted by Crippen LogP contribution is -1.83. The molecule has 0 radical (unpaired) electrons. The van der Waals surface area contributed by atoms with Crippen molar-refractivity contribution in [2.24, 2.45) is 0 Å². The zero-order valence-corrected chi connectivity index (χ0v) is 9.11. The van der Waals surface area contributed by atoms with E-state index in [1.807, 2.05) is 35.7 Å². The molecule has 3 aromatic rings. The Bertz CT molecular complexity index is 571. The predicted molar refractivity (Wildman–Crippen MR) is 62.9 cm³/mol. The van der Waals surface area contributed by atoms with Crippen molar-refractivity contribution in [3.63, 3.8) is 0 Å². The number of hydrogen-bond acceptors (Lipinski definition) is 4. The number of pyridine rings is 1. The first-order valence-corrected chi connectivity index (χ1v) is 5.69. The van der Waals surface area contributed by atoms with E-state index in [-0.39, 0.29) is 0 Å². The summed E-state index contributed by atoms with van der Waals surface area (Å²) in [6.07, 6.45) is 1.73. The Labute approximate surface area is 96.0 Å². The highest BCUT2D eigenvalue weighted by molar-refractivity contribution is 7.13. The quantitative estimate of drug-likeness (QED) is 0.733. The lowest BCUT2D eigenvalue weighted by atomic mass is 10.3. The van der Waals surface area contributed by atoms with Crippen molar-refractivity contribution in [1.29, 1.82) is 0 Å². The van der Waals surface area contributed by atoms with Crippen LogP contribution in [0.1, 0.15) is 0 Å². The first-order chi connectivity index (χ1) is 7.93. The molecule has 5 heteroatoms. The third-order valence-electron chi connectivity index (χ3n) is 2.13. The Morgan fingerprint density at radius 3 is 2.88 bits per heavy atom. The smallest absolute Gasteiger partial charge is 0.200 e. The van der Waals surface area contributed by atoms with E-state index in [0.717, 1.165) is 16.4 Å². The second kappa shape index (κ2) is 3.86. The molecule has 0 saturated carbocycles. The molecule has 0 unspecified atom stereocenters. The Morgan fingerprint density at radius 2 is 2.12 bits per heavy atom. The van der Waals surface area contributed by atoms with Crippen LogP contribution in [0.2, 0.25) is 0 Å². The topological polar surface area (TPSA) is 54.5 Å². The Hall–Kier alpha value is -2.01. The minimum atomic E-state index is 0.629. The van der Waals surface area contributed by atoms with Crippen LogP contribution in [0.3, 0.4) is 0 Å². The summed E-state index contributed by atoms with van der Waals surface area (Å²) in [5.74, 6) is 1.42. The maximum atomic E-state index is 4.40. The highest BCUT2D eigenvalue weighted by Gasteiger charge is 2.08. The van der Waals surface area contributed by atoms with Crippen molar-refractivity contribution in [3.8, 4) is 22.2 Å². The number of hydrogen-bond donors (Lipinski definition) is 1. The van der Waals surface area contributed by atoms with Gasteiger partial charge in [-0.25, -0.2) is 4.98 Å². The van der Waals surface area contributed by atoms with Crippen LogP contribution in [0.15, 0.2) is 41.9 Å². The van der Waals surface area contributed by atoms with E-state index < -0.39 is 0 Å². The average molecular weight is 228 g/mol. The molecule has 0 atom stereocenters. The van der Waals surface area contributed by atoms with Gasteiger partial charge in [-0.15, -0.1) is 11.3 Å². The number of thiophene rings is 1. The standard InChI is InChI=1S/C11H8N4S/c1-2-6-12-8(4-1)10-13-11(15-14-10)9-5-3-7-16-9/h1-7H,(H,13,14,15). The molecule has 0 amide bonds. The summed E-state index contributed by atoms with van der Waals surface area (Å²) in [6.45, 7) is 0. The lowest BCUT2D eigenvalue weighted by Gasteiger charge is -1.90. The molecule has 1 N–H and O–H groups in total. The molecule has 0 aliphatic rings. The molecule has 78 valence electrons. The van der Waals surface area contributed by atoms with Gasteiger partial charge in [0.05, 0.1) is 4.88 Å². The fraction of sp³-hybridized carbons (Fsp3) is 0. The summed E-state index contributed by atoms with van der Waals surface area (Å²) in [5.41, 5.74) is 0.779. The average Bonchev–Trinajstić information content (AvgIpc) is 3.01. The van der Waals surface area contributed by atoms with Crippen LogP contribution in [-0.4, -0.2) is 20.2 Å². The molecule has 16 heavy (non-hydrogen) atoms. The molecular formula is C11H8N4S. The summed E-state index contributed by atoms with van der Waals surface area (Å²) in [6, 6.07) is 9.68. The highest BCUT2D eigenvalue weighted by atomic mass is 32.1. The molecule has 4 nitrogen and oxygen atoms in total. The first-order valence-electron chi connectivity index (χ1n) is 4.81. The minimum absolute atomic E-state index is 0.629. The number of rotatable bonds is 2. The molecule has 0 aliphatic carbocycles. The number of nitrogens with zero attached hydrogens (tertiary/aromatic N) is 3. The van der Waals surface area contributed by atoms with Gasteiger partial charge in [0.25, 0.3) is 0 Å². The zero-order chi connectivity index (χ0) is 10.8. The molecule has 0 bridgehead atoms. The molecule has 0 aromatic carbocycles. The second-order valence-electron chi connectivity index (χ2n) is 3.20. The van der Waals surface area contributed by atoms with Gasteiger partial charge in [0.2, 0.25) is 0 Å². The largest absolute Gasteiger partial charge is 0.258 e. The van der Waals surface area contributed by atoms with Crippen LogP contribution >= 0.6 is 11.3 Å². The van der Waals surface area contributed by atoms with E-state index in [1.165, 1.54) is 0 Å². The van der Waals surface area contributed by atoms with Crippen LogP contribution in [0.4, 0.5) is 0 Å². The van der Waals surface area contributed by atoms with Gasteiger partial charge < -0.3 is 0 Å². The molecular weight excluding hydrogens is 220 g/mol. The third-order valence-corrected chi connectivity index (χ3v) is 3.01. The summed E-state index contributed by atoms with van der Waals surface area (Å²) in [4.78, 5) is 9.68. The number of nitrogens with one attached hydrogen (secondary N) is 1. The van der Waals surface area contributed by atoms with Gasteiger partial charge in [-0.1, -0.05) is 12.1 Å². The van der Waals surface area contributed by atoms with E-state index in [1.54, 1.807) is 17.5 Å². The van der Waals surface area contributed by atoms with Crippen molar-refractivity contribution in [1.82, 2.24) is 20.2 Å². The van der Waals surface area contributed by atoms with Crippen molar-refractivity contribution >= 4 is 11.3 Å². The van der Waals surface area contributed by atoms with Gasteiger partial charge in [-0.05, 0) is 23.6 Å². The molecule has 3 aromatic heterocycles. The van der Waals surface area contributed by atoms with Gasteiger partial charge in [0.15, 0.2) is 11.6 Å². The van der Waals surface area contributed by atoms with E-state index in [4.69, 9.17) is 0 Å². The van der Waals surface area contributed by atoms with Crippen molar-refractivity contribution in [2.75, 3.05) is 0 Å². The van der Waals surface area contributed by atoms with Crippen LogP contribution in [0, 0.1) is 0 Å². The molecule has 0 fully saturated rings. The SMILES string of the molecule is c1ccc(-c2n[nH]c(-c3cccs3)n2)nc1. The van der Waals surface area contributed by atoms with Crippen molar-refractivity contribution < 1.29 is 0 Å². The second-order valence-corrected chi connectivity index (χ2v) is 4.15. The summed E-state index contributed by atoms with van der Waals surface area (Å²) < 4.78 is 0. The van der Waals surface area contributed by atoms with Gasteiger partial charge >= 0.3 is 0 Å². The monoisotopic (exact) mass is 228 g/mol. The number of aromatic nitrogens is 4. The summed E-state index contributed by atoms with van der Waals surface area (Å²) in [5, 5.41) is 9.08. The predicted octanol–water partition coefficient (Wildman–Crippen LogP) is 2.60. The van der Waals surface area contributed by atoms with E-state index in [0.29, 0.717) is 5.82 Å². The maximum Gasteiger partial charge on any atom is 0.200 e. The van der Waals surface area contributed by atoms with Crippen LogP contribution < -0.4 is 0 Å². The fourth-order valence-corrected chi connectivity index (χ4v) is 2.06. The minimum Gasteiger partial charge on any atom is -0.258 e. The van der Waals surface area contributed by atoms with Crippen LogP contribution in [0.25, 0.3) is 22.2 Å². The van der Waals surface area contributed by atoms with Gasteiger partial charge in [0.1, 0.15) is 5.69 Å². The summed E-state index contributed by atoms with van der Waals surface area (Å²) >= 11 is 1.63. The molecule has 0 spiro atoms. The highest BCUT2D eigenvalue weighted by Crippen LogP contribution is 2.22. The molecule has 0 saturated heterocycles. The van der Waals surface area contributed by atoms with Gasteiger partial charge in [-0.3, -0.25) is 10.1 Å². The maximum absolute atomic E-state index is 4.40. The normalized spacial score (nSPS) is 10.5. The molecule has 3 rings (SSSR count). The van der Waals surface area contributed by atoms with Crippen LogP contribution in [0.5, 0.6) is 0 Å².